The van der Waals surface area contributed by atoms with Gasteiger partial charge in [0.1, 0.15) is 23.4 Å². The van der Waals surface area contributed by atoms with Crippen LogP contribution in [0, 0.1) is 0 Å². The van der Waals surface area contributed by atoms with Crippen LogP contribution in [-0.4, -0.2) is 26.8 Å². The van der Waals surface area contributed by atoms with Crippen LogP contribution < -0.4 is 8.85 Å². The number of phenolic OH excluding ortho intramolecular Hbond substituents is 1. The third-order valence-electron chi connectivity index (χ3n) is 8.69. The number of aliphatic hydroxyl groups excluding tert-OH is 1. The van der Waals surface area contributed by atoms with Gasteiger partial charge in [0.15, 0.2) is 0 Å². The first-order valence-corrected chi connectivity index (χ1v) is 19.5. The Balaban J connectivity index is 1.93. The van der Waals surface area contributed by atoms with Crippen LogP contribution in [0.3, 0.4) is 0 Å². The summed E-state index contributed by atoms with van der Waals surface area (Å²) in [5, 5.41) is 22.5. The van der Waals surface area contributed by atoms with Gasteiger partial charge in [-0.05, 0) is 109 Å². The van der Waals surface area contributed by atoms with E-state index in [9.17, 15) is 10.2 Å². The summed E-state index contributed by atoms with van der Waals surface area (Å²) in [4.78, 5) is 0. The molecular formula is C31H48O4Si2. The maximum atomic E-state index is 11.5. The van der Waals surface area contributed by atoms with E-state index in [0.29, 0.717) is 0 Å². The van der Waals surface area contributed by atoms with Crippen LogP contribution in [0.15, 0.2) is 48.0 Å². The number of allylic oxidation sites excluding steroid dienone is 1. The fraction of sp³-hybridized carbons (Fsp3) is 0.548. The van der Waals surface area contributed by atoms with Gasteiger partial charge in [-0.3, -0.25) is 0 Å². The van der Waals surface area contributed by atoms with E-state index >= 15 is 0 Å². The molecule has 1 atom stereocenters. The first-order chi connectivity index (χ1) is 16.9. The molecule has 3 rings (SSSR count). The van der Waals surface area contributed by atoms with Crippen LogP contribution in [-0.2, 0) is 0 Å². The molecule has 0 aliphatic heterocycles. The van der Waals surface area contributed by atoms with E-state index in [-0.39, 0.29) is 15.8 Å². The van der Waals surface area contributed by atoms with Crippen molar-refractivity contribution in [1.29, 1.82) is 0 Å². The molecule has 1 unspecified atom stereocenters. The highest BCUT2D eigenvalue weighted by Crippen LogP contribution is 2.44. The van der Waals surface area contributed by atoms with Gasteiger partial charge in [0.25, 0.3) is 0 Å². The van der Waals surface area contributed by atoms with Gasteiger partial charge >= 0.3 is 0 Å². The van der Waals surface area contributed by atoms with Gasteiger partial charge in [0.05, 0.1) is 0 Å². The third kappa shape index (κ3) is 6.70. The van der Waals surface area contributed by atoms with Crippen LogP contribution in [0.25, 0.3) is 5.57 Å². The van der Waals surface area contributed by atoms with E-state index in [2.05, 4.69) is 67.7 Å². The zero-order valence-electron chi connectivity index (χ0n) is 24.7. The predicted molar refractivity (Wildman–Crippen MR) is 161 cm³/mol. The number of phenols is 1. The number of rotatable bonds is 7. The van der Waals surface area contributed by atoms with E-state index in [4.69, 9.17) is 8.85 Å². The second-order valence-electron chi connectivity index (χ2n) is 13.6. The summed E-state index contributed by atoms with van der Waals surface area (Å²) in [6.07, 6.45) is 2.99. The quantitative estimate of drug-likeness (QED) is 0.344. The molecule has 2 N–H and O–H groups in total. The number of aromatic hydroxyl groups is 1. The van der Waals surface area contributed by atoms with Gasteiger partial charge in [-0.15, -0.1) is 0 Å². The van der Waals surface area contributed by atoms with E-state index in [1.807, 2.05) is 36.4 Å². The lowest BCUT2D eigenvalue weighted by Gasteiger charge is -2.36. The smallest absolute Gasteiger partial charge is 0.250 e. The molecule has 0 saturated heterocycles. The molecule has 0 bridgehead atoms. The minimum absolute atomic E-state index is 0.0803. The van der Waals surface area contributed by atoms with Crippen LogP contribution in [0.2, 0.25) is 36.3 Å². The minimum Gasteiger partial charge on any atom is -0.544 e. The predicted octanol–water partition coefficient (Wildman–Crippen LogP) is 9.22. The van der Waals surface area contributed by atoms with Crippen molar-refractivity contribution < 1.29 is 19.1 Å². The molecule has 4 nitrogen and oxygen atoms in total. The van der Waals surface area contributed by atoms with Gasteiger partial charge in [0.2, 0.25) is 16.6 Å². The van der Waals surface area contributed by atoms with Gasteiger partial charge in [-0.2, -0.15) is 0 Å². The Bertz CT molecular complexity index is 1120. The normalized spacial score (nSPS) is 16.5. The summed E-state index contributed by atoms with van der Waals surface area (Å²) in [7, 11) is -3.94. The number of aliphatic hydroxyl groups is 1. The molecule has 0 spiro atoms. The Labute approximate surface area is 227 Å². The average Bonchev–Trinajstić information content (AvgIpc) is 2.78. The molecule has 0 amide bonds. The highest BCUT2D eigenvalue weighted by Gasteiger charge is 2.40. The molecule has 1 aliphatic rings. The lowest BCUT2D eigenvalue weighted by Crippen LogP contribution is -2.43. The summed E-state index contributed by atoms with van der Waals surface area (Å²) >= 11 is 0. The van der Waals surface area contributed by atoms with Gasteiger partial charge < -0.3 is 19.1 Å². The Morgan fingerprint density at radius 3 is 1.76 bits per heavy atom. The summed E-state index contributed by atoms with van der Waals surface area (Å²) < 4.78 is 13.0. The summed E-state index contributed by atoms with van der Waals surface area (Å²) in [5.41, 5.74) is 3.66. The molecule has 0 saturated carbocycles. The van der Waals surface area contributed by atoms with Crippen LogP contribution in [0.1, 0.15) is 84.5 Å². The van der Waals surface area contributed by atoms with Gasteiger partial charge in [0, 0.05) is 5.56 Å². The molecule has 2 aromatic rings. The fourth-order valence-corrected chi connectivity index (χ4v) is 6.23. The third-order valence-corrected chi connectivity index (χ3v) is 17.4. The van der Waals surface area contributed by atoms with E-state index in [1.54, 1.807) is 6.07 Å². The second kappa shape index (κ2) is 10.6. The Morgan fingerprint density at radius 2 is 1.22 bits per heavy atom. The molecule has 0 radical (unpaired) electrons. The Kier molecular flexibility index (Phi) is 8.48. The van der Waals surface area contributed by atoms with Crippen molar-refractivity contribution >= 4 is 22.2 Å². The monoisotopic (exact) mass is 540 g/mol. The molecule has 0 heterocycles. The fourth-order valence-electron chi connectivity index (χ4n) is 4.17. The van der Waals surface area contributed by atoms with Crippen LogP contribution in [0.5, 0.6) is 17.2 Å². The largest absolute Gasteiger partial charge is 0.544 e. The minimum atomic E-state index is -2.02. The average molecular weight is 541 g/mol. The van der Waals surface area contributed by atoms with Crippen molar-refractivity contribution in [2.75, 3.05) is 0 Å². The van der Waals surface area contributed by atoms with Crippen molar-refractivity contribution in [3.8, 4) is 17.2 Å². The summed E-state index contributed by atoms with van der Waals surface area (Å²) in [6.45, 7) is 22.3. The lowest BCUT2D eigenvalue weighted by molar-refractivity contribution is 0.209. The zero-order chi connectivity index (χ0) is 27.8. The zero-order valence-corrected chi connectivity index (χ0v) is 26.7. The van der Waals surface area contributed by atoms with Crippen molar-refractivity contribution in [2.45, 2.75) is 110 Å². The second-order valence-corrected chi connectivity index (χ2v) is 23.0. The maximum absolute atomic E-state index is 11.5. The first kappa shape index (κ1) is 29.5. The summed E-state index contributed by atoms with van der Waals surface area (Å²) in [5.74, 6) is 1.88. The Morgan fingerprint density at radius 1 is 0.730 bits per heavy atom. The SMILES string of the molecule is CC(C)(C)[Si](C)(C)Oc1ccc(C(O)C2=C(c3cc(O[Si](C)(C)C(C)(C)C)ccc3O)CCCC2)cc1. The molecular weight excluding hydrogens is 493 g/mol. The van der Waals surface area contributed by atoms with Crippen molar-refractivity contribution in [1.82, 2.24) is 0 Å². The standard InChI is InChI=1S/C31H48O4Si2/c1-30(2,3)36(7,8)34-23-17-15-22(16-18-23)29(33)26-14-12-11-13-25(26)27-21-24(19-20-28(27)32)35-37(9,10)31(4,5)6/h15-21,29,32-33H,11-14H2,1-10H3. The topological polar surface area (TPSA) is 58.9 Å². The number of benzene rings is 2. The van der Waals surface area contributed by atoms with Crippen molar-refractivity contribution in [3.63, 3.8) is 0 Å². The molecule has 204 valence electrons. The van der Waals surface area contributed by atoms with Crippen LogP contribution >= 0.6 is 0 Å². The Hall–Kier alpha value is -2.03. The maximum Gasteiger partial charge on any atom is 0.250 e. The molecule has 0 aromatic heterocycles. The number of hydrogen-bond acceptors (Lipinski definition) is 4. The van der Waals surface area contributed by atoms with Gasteiger partial charge in [-0.1, -0.05) is 53.7 Å². The van der Waals surface area contributed by atoms with E-state index in [1.165, 1.54) is 0 Å². The van der Waals surface area contributed by atoms with E-state index < -0.39 is 22.7 Å². The molecule has 1 aliphatic carbocycles. The molecule has 6 heteroatoms. The highest BCUT2D eigenvalue weighted by molar-refractivity contribution is 6.75. The molecule has 0 fully saturated rings. The van der Waals surface area contributed by atoms with Gasteiger partial charge in [-0.25, -0.2) is 0 Å². The number of hydrogen-bond donors (Lipinski definition) is 2. The summed E-state index contributed by atoms with van der Waals surface area (Å²) in [6, 6.07) is 13.5. The van der Waals surface area contributed by atoms with Crippen molar-refractivity contribution in [3.05, 3.63) is 59.2 Å². The van der Waals surface area contributed by atoms with Crippen molar-refractivity contribution in [2.24, 2.45) is 0 Å². The molecule has 37 heavy (non-hydrogen) atoms. The van der Waals surface area contributed by atoms with Crippen LogP contribution in [0.4, 0.5) is 0 Å². The lowest BCUT2D eigenvalue weighted by atomic mass is 9.82. The molecule has 2 aromatic carbocycles. The first-order valence-electron chi connectivity index (χ1n) is 13.6. The van der Waals surface area contributed by atoms with E-state index in [0.717, 1.165) is 59.5 Å². The highest BCUT2D eigenvalue weighted by atomic mass is 28.4.